The lowest BCUT2D eigenvalue weighted by Gasteiger charge is -2.22. The van der Waals surface area contributed by atoms with Crippen LogP contribution in [0, 0.1) is 0 Å². The summed E-state index contributed by atoms with van der Waals surface area (Å²) in [5, 5.41) is 4.75. The molecule has 0 unspecified atom stereocenters. The predicted molar refractivity (Wildman–Crippen MR) is 85.1 cm³/mol. The molecular formula is C16H23N5. The molecule has 2 aromatic rings. The lowest BCUT2D eigenvalue weighted by molar-refractivity contribution is 0.328. The summed E-state index contributed by atoms with van der Waals surface area (Å²) in [7, 11) is 2.03. The van der Waals surface area contributed by atoms with Crippen molar-refractivity contribution in [1.82, 2.24) is 14.8 Å². The Balaban J connectivity index is 1.68. The van der Waals surface area contributed by atoms with Gasteiger partial charge in [-0.3, -0.25) is 9.67 Å². The van der Waals surface area contributed by atoms with Gasteiger partial charge >= 0.3 is 0 Å². The minimum atomic E-state index is 0.587. The van der Waals surface area contributed by atoms with Crippen molar-refractivity contribution in [2.24, 2.45) is 0 Å². The van der Waals surface area contributed by atoms with Crippen LogP contribution in [0.25, 0.3) is 0 Å². The number of nitrogens with zero attached hydrogens (tertiary/aromatic N) is 4. The Morgan fingerprint density at radius 3 is 2.86 bits per heavy atom. The van der Waals surface area contributed by atoms with Gasteiger partial charge in [0.1, 0.15) is 0 Å². The number of pyridine rings is 1. The van der Waals surface area contributed by atoms with Crippen molar-refractivity contribution in [3.63, 3.8) is 0 Å². The first-order valence-corrected chi connectivity index (χ1v) is 7.68. The molecule has 0 radical (unpaired) electrons. The fraction of sp³-hybridized carbons (Fsp3) is 0.500. The molecule has 2 heterocycles. The smallest absolute Gasteiger partial charge is 0.0817 e. The fourth-order valence-electron chi connectivity index (χ4n) is 3.09. The van der Waals surface area contributed by atoms with Crippen LogP contribution >= 0.6 is 0 Å². The van der Waals surface area contributed by atoms with Crippen LogP contribution in [0.5, 0.6) is 0 Å². The van der Waals surface area contributed by atoms with E-state index in [-0.39, 0.29) is 0 Å². The summed E-state index contributed by atoms with van der Waals surface area (Å²) < 4.78 is 2.15. The van der Waals surface area contributed by atoms with Gasteiger partial charge < -0.3 is 10.6 Å². The molecule has 2 N–H and O–H groups in total. The van der Waals surface area contributed by atoms with E-state index in [9.17, 15) is 0 Å². The maximum Gasteiger partial charge on any atom is 0.0817 e. The number of aromatic nitrogens is 3. The van der Waals surface area contributed by atoms with Gasteiger partial charge in [-0.05, 0) is 25.0 Å². The largest absolute Gasteiger partial charge is 0.396 e. The first kappa shape index (κ1) is 13.9. The van der Waals surface area contributed by atoms with Crippen molar-refractivity contribution in [2.75, 3.05) is 17.7 Å². The van der Waals surface area contributed by atoms with Gasteiger partial charge in [0.05, 0.1) is 35.9 Å². The maximum absolute atomic E-state index is 5.97. The minimum absolute atomic E-state index is 0.587. The van der Waals surface area contributed by atoms with Crippen molar-refractivity contribution in [3.05, 3.63) is 36.4 Å². The van der Waals surface area contributed by atoms with Crippen molar-refractivity contribution >= 4 is 11.4 Å². The first-order valence-electron chi connectivity index (χ1n) is 7.68. The summed E-state index contributed by atoms with van der Waals surface area (Å²) in [5.74, 6) is 0. The summed E-state index contributed by atoms with van der Waals surface area (Å²) in [5.41, 5.74) is 8.75. The molecule has 1 aliphatic rings. The second-order valence-corrected chi connectivity index (χ2v) is 5.87. The van der Waals surface area contributed by atoms with Crippen molar-refractivity contribution < 1.29 is 0 Å². The molecule has 0 aliphatic heterocycles. The van der Waals surface area contributed by atoms with E-state index < -0.39 is 0 Å². The molecule has 0 aromatic carbocycles. The Morgan fingerprint density at radius 1 is 1.29 bits per heavy atom. The van der Waals surface area contributed by atoms with Gasteiger partial charge in [-0.15, -0.1) is 0 Å². The number of hydrogen-bond acceptors (Lipinski definition) is 4. The van der Waals surface area contributed by atoms with Crippen molar-refractivity contribution in [3.8, 4) is 0 Å². The molecule has 5 heteroatoms. The molecule has 2 aromatic heterocycles. The molecule has 0 bridgehead atoms. The molecule has 0 atom stereocenters. The van der Waals surface area contributed by atoms with Gasteiger partial charge in [0, 0.05) is 19.4 Å². The van der Waals surface area contributed by atoms with Gasteiger partial charge in [-0.25, -0.2) is 0 Å². The highest BCUT2D eigenvalue weighted by Crippen LogP contribution is 2.28. The highest BCUT2D eigenvalue weighted by atomic mass is 15.3. The third kappa shape index (κ3) is 3.17. The number of nitrogens with two attached hydrogens (primary N) is 1. The predicted octanol–water partition coefficient (Wildman–Crippen LogP) is 3.00. The van der Waals surface area contributed by atoms with Crippen LogP contribution < -0.4 is 10.6 Å². The molecule has 0 spiro atoms. The monoisotopic (exact) mass is 285 g/mol. The van der Waals surface area contributed by atoms with Crippen LogP contribution in [0.2, 0.25) is 0 Å². The van der Waals surface area contributed by atoms with Gasteiger partial charge in [0.2, 0.25) is 0 Å². The summed E-state index contributed by atoms with van der Waals surface area (Å²) in [6.45, 7) is 0.758. The molecule has 21 heavy (non-hydrogen) atoms. The quantitative estimate of drug-likeness (QED) is 0.938. The zero-order chi connectivity index (χ0) is 14.7. The zero-order valence-electron chi connectivity index (χ0n) is 12.6. The Morgan fingerprint density at radius 2 is 2.10 bits per heavy atom. The second-order valence-electron chi connectivity index (χ2n) is 5.87. The Kier molecular flexibility index (Phi) is 4.08. The summed E-state index contributed by atoms with van der Waals surface area (Å²) >= 11 is 0. The maximum atomic E-state index is 5.97. The van der Waals surface area contributed by atoms with Crippen LogP contribution in [-0.2, 0) is 6.54 Å². The highest BCUT2D eigenvalue weighted by molar-refractivity contribution is 5.65. The van der Waals surface area contributed by atoms with E-state index in [1.165, 1.54) is 32.1 Å². The number of nitrogen functional groups attached to an aromatic ring is 1. The molecule has 5 nitrogen and oxygen atoms in total. The molecule has 1 saturated carbocycles. The van der Waals surface area contributed by atoms with E-state index in [0.29, 0.717) is 11.7 Å². The minimum Gasteiger partial charge on any atom is -0.396 e. The first-order chi connectivity index (χ1) is 10.2. The van der Waals surface area contributed by atoms with Crippen LogP contribution in [0.1, 0.15) is 43.8 Å². The summed E-state index contributed by atoms with van der Waals surface area (Å²) in [4.78, 5) is 6.14. The van der Waals surface area contributed by atoms with Gasteiger partial charge in [-0.2, -0.15) is 5.10 Å². The average molecular weight is 285 g/mol. The zero-order valence-corrected chi connectivity index (χ0v) is 12.6. The molecule has 0 saturated heterocycles. The van der Waals surface area contributed by atoms with Gasteiger partial charge in [-0.1, -0.05) is 19.3 Å². The van der Waals surface area contributed by atoms with E-state index >= 15 is 0 Å². The van der Waals surface area contributed by atoms with Crippen LogP contribution in [0.15, 0.2) is 30.7 Å². The van der Waals surface area contributed by atoms with Crippen molar-refractivity contribution in [1.29, 1.82) is 0 Å². The number of hydrogen-bond donors (Lipinski definition) is 1. The third-order valence-electron chi connectivity index (χ3n) is 4.25. The van der Waals surface area contributed by atoms with Gasteiger partial charge in [0.15, 0.2) is 0 Å². The molecule has 0 amide bonds. The Hall–Kier alpha value is -2.04. The van der Waals surface area contributed by atoms with Gasteiger partial charge in [0.25, 0.3) is 0 Å². The summed E-state index contributed by atoms with van der Waals surface area (Å²) in [6.07, 6.45) is 12.1. The molecule has 112 valence electrons. The highest BCUT2D eigenvalue weighted by Gasteiger charge is 2.16. The second kappa shape index (κ2) is 6.16. The van der Waals surface area contributed by atoms with E-state index in [1.807, 2.05) is 13.1 Å². The van der Waals surface area contributed by atoms with E-state index in [0.717, 1.165) is 17.9 Å². The normalized spacial score (nSPS) is 16.0. The summed E-state index contributed by atoms with van der Waals surface area (Å²) in [6, 6.07) is 4.64. The number of rotatable bonds is 4. The van der Waals surface area contributed by atoms with E-state index in [2.05, 4.69) is 26.8 Å². The van der Waals surface area contributed by atoms with Crippen molar-refractivity contribution in [2.45, 2.75) is 44.7 Å². The number of anilines is 2. The standard InChI is InChI=1S/C16H23N5/c1-20(16-7-9-18-11-15(16)17)12-13-8-10-21(19-13)14-5-3-2-4-6-14/h7-11,14H,2-6,12,17H2,1H3. The van der Waals surface area contributed by atoms with Crippen LogP contribution in [-0.4, -0.2) is 21.8 Å². The molecule has 1 aliphatic carbocycles. The Bertz CT molecular complexity index is 586. The lowest BCUT2D eigenvalue weighted by atomic mass is 9.96. The third-order valence-corrected chi connectivity index (χ3v) is 4.25. The van der Waals surface area contributed by atoms with Crippen LogP contribution in [0.3, 0.4) is 0 Å². The molecule has 1 fully saturated rings. The Labute approximate surface area is 125 Å². The SMILES string of the molecule is CN(Cc1ccn(C2CCCCC2)n1)c1ccncc1N. The van der Waals surface area contributed by atoms with E-state index in [1.54, 1.807) is 12.4 Å². The molecule has 3 rings (SSSR count). The average Bonchev–Trinajstić information content (AvgIpc) is 2.97. The topological polar surface area (TPSA) is 60.0 Å². The fourth-order valence-corrected chi connectivity index (χ4v) is 3.09. The van der Waals surface area contributed by atoms with Crippen LogP contribution in [0.4, 0.5) is 11.4 Å². The molecular weight excluding hydrogens is 262 g/mol. The van der Waals surface area contributed by atoms with E-state index in [4.69, 9.17) is 10.8 Å². The lowest BCUT2D eigenvalue weighted by Crippen LogP contribution is -2.19.